The van der Waals surface area contributed by atoms with Gasteiger partial charge in [0, 0.05) is 23.6 Å². The van der Waals surface area contributed by atoms with E-state index >= 15 is 0 Å². The molecule has 0 saturated carbocycles. The van der Waals surface area contributed by atoms with Crippen LogP contribution in [-0.4, -0.2) is 17.7 Å². The molecule has 16 heavy (non-hydrogen) atoms. The molecule has 90 valence electrons. The molecule has 1 aromatic heterocycles. The number of aromatic nitrogens is 1. The first kappa shape index (κ1) is 13.3. The lowest BCUT2D eigenvalue weighted by Gasteiger charge is -2.08. The van der Waals surface area contributed by atoms with Gasteiger partial charge in [-0.1, -0.05) is 0 Å². The first-order valence-electron chi connectivity index (χ1n) is 4.81. The Morgan fingerprint density at radius 2 is 2.12 bits per heavy atom. The quantitative estimate of drug-likeness (QED) is 0.852. The zero-order chi connectivity index (χ0) is 12.2. The lowest BCUT2D eigenvalue weighted by molar-refractivity contribution is -0.134. The standard InChI is InChI=1S/C10H12BrF3N2/c1-7-5-9(16-6-8(7)11)15-4-2-3-10(12,13)14/h5-6H,2-4H2,1H3,(H,15,16). The number of rotatable bonds is 4. The summed E-state index contributed by atoms with van der Waals surface area (Å²) in [5, 5.41) is 2.85. The predicted octanol–water partition coefficient (Wildman–Crippen LogP) is 3.91. The van der Waals surface area contributed by atoms with E-state index in [1.54, 1.807) is 12.3 Å². The van der Waals surface area contributed by atoms with E-state index in [2.05, 4.69) is 26.2 Å². The molecule has 0 aromatic carbocycles. The number of hydrogen-bond acceptors (Lipinski definition) is 2. The molecule has 0 aliphatic rings. The monoisotopic (exact) mass is 296 g/mol. The first-order valence-corrected chi connectivity index (χ1v) is 5.60. The third-order valence-corrected chi connectivity index (χ3v) is 2.82. The van der Waals surface area contributed by atoms with Crippen LogP contribution in [0.25, 0.3) is 0 Å². The van der Waals surface area contributed by atoms with Crippen molar-refractivity contribution in [2.24, 2.45) is 0 Å². The maximum Gasteiger partial charge on any atom is 0.389 e. The molecule has 1 heterocycles. The van der Waals surface area contributed by atoms with Crippen molar-refractivity contribution in [1.82, 2.24) is 4.98 Å². The Labute approximate surface area is 100 Å². The van der Waals surface area contributed by atoms with Gasteiger partial charge in [0.2, 0.25) is 0 Å². The van der Waals surface area contributed by atoms with E-state index in [1.165, 1.54) is 0 Å². The number of nitrogens with one attached hydrogen (secondary N) is 1. The minimum absolute atomic E-state index is 0.0558. The molecular weight excluding hydrogens is 285 g/mol. The summed E-state index contributed by atoms with van der Waals surface area (Å²) in [4.78, 5) is 4.03. The summed E-state index contributed by atoms with van der Waals surface area (Å²) in [6.07, 6.45) is -3.16. The normalized spacial score (nSPS) is 11.6. The molecular formula is C10H12BrF3N2. The summed E-state index contributed by atoms with van der Waals surface area (Å²) < 4.78 is 36.4. The second-order valence-corrected chi connectivity index (χ2v) is 4.32. The Balaban J connectivity index is 2.35. The van der Waals surface area contributed by atoms with Crippen LogP contribution in [0.5, 0.6) is 0 Å². The van der Waals surface area contributed by atoms with Crippen molar-refractivity contribution >= 4 is 21.7 Å². The van der Waals surface area contributed by atoms with Crippen LogP contribution < -0.4 is 5.32 Å². The fraction of sp³-hybridized carbons (Fsp3) is 0.500. The molecule has 0 aliphatic heterocycles. The molecule has 1 aromatic rings. The van der Waals surface area contributed by atoms with Gasteiger partial charge in [0.25, 0.3) is 0 Å². The minimum Gasteiger partial charge on any atom is -0.370 e. The van der Waals surface area contributed by atoms with Crippen molar-refractivity contribution < 1.29 is 13.2 Å². The third-order valence-electron chi connectivity index (χ3n) is 1.99. The average Bonchev–Trinajstić information content (AvgIpc) is 2.17. The van der Waals surface area contributed by atoms with Gasteiger partial charge in [0.1, 0.15) is 5.82 Å². The molecule has 0 saturated heterocycles. The fourth-order valence-corrected chi connectivity index (χ4v) is 1.36. The molecule has 0 radical (unpaired) electrons. The Morgan fingerprint density at radius 3 is 2.69 bits per heavy atom. The van der Waals surface area contributed by atoms with Crippen LogP contribution in [0.15, 0.2) is 16.7 Å². The lowest BCUT2D eigenvalue weighted by atomic mass is 10.3. The molecule has 0 fully saturated rings. The second-order valence-electron chi connectivity index (χ2n) is 3.46. The molecule has 0 bridgehead atoms. The zero-order valence-electron chi connectivity index (χ0n) is 8.74. The van der Waals surface area contributed by atoms with Crippen molar-refractivity contribution in [3.63, 3.8) is 0 Å². The highest BCUT2D eigenvalue weighted by Gasteiger charge is 2.25. The van der Waals surface area contributed by atoms with Crippen LogP contribution in [0.4, 0.5) is 19.0 Å². The SMILES string of the molecule is Cc1cc(NCCCC(F)(F)F)ncc1Br. The number of aryl methyl sites for hydroxylation is 1. The summed E-state index contributed by atoms with van der Waals surface area (Å²) in [6, 6.07) is 1.79. The molecule has 0 unspecified atom stereocenters. The van der Waals surface area contributed by atoms with E-state index in [0.29, 0.717) is 5.82 Å². The Bertz CT molecular complexity index is 352. The van der Waals surface area contributed by atoms with E-state index in [4.69, 9.17) is 0 Å². The van der Waals surface area contributed by atoms with E-state index in [0.717, 1.165) is 10.0 Å². The van der Waals surface area contributed by atoms with Crippen molar-refractivity contribution in [3.05, 3.63) is 22.3 Å². The van der Waals surface area contributed by atoms with Crippen LogP contribution in [0, 0.1) is 6.92 Å². The molecule has 6 heteroatoms. The van der Waals surface area contributed by atoms with Gasteiger partial charge in [-0.3, -0.25) is 0 Å². The van der Waals surface area contributed by atoms with Gasteiger partial charge in [0.15, 0.2) is 0 Å². The molecule has 0 amide bonds. The van der Waals surface area contributed by atoms with Crippen LogP contribution in [0.3, 0.4) is 0 Å². The molecule has 0 spiro atoms. The van der Waals surface area contributed by atoms with E-state index in [-0.39, 0.29) is 13.0 Å². The molecule has 0 atom stereocenters. The zero-order valence-corrected chi connectivity index (χ0v) is 10.3. The highest BCUT2D eigenvalue weighted by molar-refractivity contribution is 9.10. The number of alkyl halides is 3. The maximum absolute atomic E-state index is 11.8. The van der Waals surface area contributed by atoms with Crippen LogP contribution in [0.1, 0.15) is 18.4 Å². The predicted molar refractivity (Wildman–Crippen MR) is 60.5 cm³/mol. The minimum atomic E-state index is -4.08. The molecule has 0 aliphatic carbocycles. The topological polar surface area (TPSA) is 24.9 Å². The van der Waals surface area contributed by atoms with Gasteiger partial charge in [-0.2, -0.15) is 13.2 Å². The summed E-state index contributed by atoms with van der Waals surface area (Å²) >= 11 is 3.30. The summed E-state index contributed by atoms with van der Waals surface area (Å²) in [6.45, 7) is 2.17. The van der Waals surface area contributed by atoms with Gasteiger partial charge in [-0.15, -0.1) is 0 Å². The van der Waals surface area contributed by atoms with Crippen molar-refractivity contribution in [2.45, 2.75) is 25.9 Å². The Hall–Kier alpha value is -0.780. The average molecular weight is 297 g/mol. The number of pyridine rings is 1. The van der Waals surface area contributed by atoms with Crippen LogP contribution >= 0.6 is 15.9 Å². The van der Waals surface area contributed by atoms with Crippen molar-refractivity contribution in [3.8, 4) is 0 Å². The third kappa shape index (κ3) is 4.83. The van der Waals surface area contributed by atoms with Crippen LogP contribution in [-0.2, 0) is 0 Å². The van der Waals surface area contributed by atoms with Crippen molar-refractivity contribution in [2.75, 3.05) is 11.9 Å². The highest BCUT2D eigenvalue weighted by Crippen LogP contribution is 2.21. The van der Waals surface area contributed by atoms with E-state index in [9.17, 15) is 13.2 Å². The largest absolute Gasteiger partial charge is 0.389 e. The Morgan fingerprint density at radius 1 is 1.44 bits per heavy atom. The number of nitrogens with zero attached hydrogens (tertiary/aromatic N) is 1. The first-order chi connectivity index (χ1) is 7.38. The van der Waals surface area contributed by atoms with E-state index < -0.39 is 12.6 Å². The van der Waals surface area contributed by atoms with Gasteiger partial charge < -0.3 is 5.32 Å². The highest BCUT2D eigenvalue weighted by atomic mass is 79.9. The van der Waals surface area contributed by atoms with E-state index in [1.807, 2.05) is 6.92 Å². The second kappa shape index (κ2) is 5.52. The Kier molecular flexibility index (Phi) is 4.58. The van der Waals surface area contributed by atoms with Gasteiger partial charge in [0.05, 0.1) is 0 Å². The molecule has 2 nitrogen and oxygen atoms in total. The van der Waals surface area contributed by atoms with Crippen LogP contribution in [0.2, 0.25) is 0 Å². The number of anilines is 1. The van der Waals surface area contributed by atoms with Crippen molar-refractivity contribution in [1.29, 1.82) is 0 Å². The molecule has 1 rings (SSSR count). The van der Waals surface area contributed by atoms with Gasteiger partial charge in [-0.25, -0.2) is 4.98 Å². The van der Waals surface area contributed by atoms with Gasteiger partial charge >= 0.3 is 6.18 Å². The summed E-state index contributed by atoms with van der Waals surface area (Å²) in [5.41, 5.74) is 0.994. The van der Waals surface area contributed by atoms with Gasteiger partial charge in [-0.05, 0) is 40.9 Å². The fourth-order valence-electron chi connectivity index (χ4n) is 1.14. The maximum atomic E-state index is 11.8. The summed E-state index contributed by atoms with van der Waals surface area (Å²) in [7, 11) is 0. The lowest BCUT2D eigenvalue weighted by Crippen LogP contribution is -2.11. The number of hydrogen-bond donors (Lipinski definition) is 1. The summed E-state index contributed by atoms with van der Waals surface area (Å²) in [5.74, 6) is 0.600. The molecule has 1 N–H and O–H groups in total. The number of halogens is 4. The smallest absolute Gasteiger partial charge is 0.370 e.